The molecule has 0 radical (unpaired) electrons. The van der Waals surface area contributed by atoms with E-state index in [1.54, 1.807) is 25.1 Å². The lowest BCUT2D eigenvalue weighted by Gasteiger charge is -2.12. The Morgan fingerprint density at radius 2 is 2.08 bits per heavy atom. The van der Waals surface area contributed by atoms with Gasteiger partial charge in [-0.2, -0.15) is 4.98 Å². The minimum atomic E-state index is -0.134. The van der Waals surface area contributed by atoms with Crippen molar-refractivity contribution in [2.45, 2.75) is 43.5 Å². The van der Waals surface area contributed by atoms with Gasteiger partial charge in [0.2, 0.25) is 5.89 Å². The van der Waals surface area contributed by atoms with E-state index in [0.29, 0.717) is 11.7 Å². The number of methoxy groups -OCH3 is 1. The Balaban J connectivity index is 1.82. The van der Waals surface area contributed by atoms with Gasteiger partial charge in [-0.15, -0.1) is 0 Å². The Labute approximate surface area is 151 Å². The monoisotopic (exact) mass is 358 g/mol. The smallest absolute Gasteiger partial charge is 0.239 e. The summed E-state index contributed by atoms with van der Waals surface area (Å²) in [6.07, 6.45) is 3.71. The minimum absolute atomic E-state index is 0.00430. The number of imidazole rings is 1. The molecule has 3 aromatic rings. The van der Waals surface area contributed by atoms with E-state index < -0.39 is 0 Å². The lowest BCUT2D eigenvalue weighted by molar-refractivity contribution is 0.364. The molecule has 0 N–H and O–H groups in total. The second-order valence-corrected chi connectivity index (χ2v) is 8.06. The van der Waals surface area contributed by atoms with E-state index in [2.05, 4.69) is 35.9 Å². The first-order valence-electron chi connectivity index (χ1n) is 8.07. The van der Waals surface area contributed by atoms with Crippen LogP contribution in [0.5, 0.6) is 5.75 Å². The van der Waals surface area contributed by atoms with E-state index >= 15 is 0 Å². The molecule has 1 atom stereocenters. The maximum Gasteiger partial charge on any atom is 0.239 e. The van der Waals surface area contributed by atoms with Crippen molar-refractivity contribution in [1.82, 2.24) is 19.7 Å². The predicted molar refractivity (Wildman–Crippen MR) is 97.4 cm³/mol. The van der Waals surface area contributed by atoms with Crippen LogP contribution in [0.15, 0.2) is 46.3 Å². The fraction of sp³-hybridized carbons (Fsp3) is 0.389. The number of hydrogen-bond acceptors (Lipinski definition) is 6. The molecule has 0 aliphatic carbocycles. The third kappa shape index (κ3) is 3.87. The number of rotatable bonds is 5. The molecule has 0 bridgehead atoms. The second-order valence-electron chi connectivity index (χ2n) is 6.75. The molecule has 6 nitrogen and oxygen atoms in total. The molecule has 7 heteroatoms. The van der Waals surface area contributed by atoms with Crippen LogP contribution in [0.2, 0.25) is 0 Å². The summed E-state index contributed by atoms with van der Waals surface area (Å²) in [6, 6.07) is 7.87. The van der Waals surface area contributed by atoms with Crippen molar-refractivity contribution in [3.05, 3.63) is 48.4 Å². The van der Waals surface area contributed by atoms with Gasteiger partial charge in [0.05, 0.1) is 18.0 Å². The highest BCUT2D eigenvalue weighted by Crippen LogP contribution is 2.35. The Morgan fingerprint density at radius 1 is 1.28 bits per heavy atom. The van der Waals surface area contributed by atoms with Crippen molar-refractivity contribution in [2.75, 3.05) is 7.11 Å². The van der Waals surface area contributed by atoms with Gasteiger partial charge in [-0.25, -0.2) is 4.98 Å². The van der Waals surface area contributed by atoms with Gasteiger partial charge in [-0.1, -0.05) is 43.8 Å². The SMILES string of the molecule is COc1cccc(-n2ccnc2SC(C)c2nc(C(C)(C)C)no2)c1. The highest BCUT2D eigenvalue weighted by Gasteiger charge is 2.24. The van der Waals surface area contributed by atoms with Gasteiger partial charge >= 0.3 is 0 Å². The highest BCUT2D eigenvalue weighted by atomic mass is 32.2. The van der Waals surface area contributed by atoms with Crippen LogP contribution in [0.3, 0.4) is 0 Å². The lowest BCUT2D eigenvalue weighted by atomic mass is 9.96. The van der Waals surface area contributed by atoms with Gasteiger partial charge in [0.1, 0.15) is 5.75 Å². The maximum absolute atomic E-state index is 5.44. The molecule has 0 aliphatic heterocycles. The van der Waals surface area contributed by atoms with Crippen molar-refractivity contribution in [1.29, 1.82) is 0 Å². The van der Waals surface area contributed by atoms with Gasteiger partial charge in [0, 0.05) is 23.9 Å². The molecule has 1 aromatic carbocycles. The molecular formula is C18H22N4O2S. The minimum Gasteiger partial charge on any atom is -0.497 e. The Bertz CT molecular complexity index is 851. The zero-order valence-corrected chi connectivity index (χ0v) is 15.9. The van der Waals surface area contributed by atoms with Crippen LogP contribution in [0.4, 0.5) is 0 Å². The summed E-state index contributed by atoms with van der Waals surface area (Å²) in [5.41, 5.74) is 0.859. The van der Waals surface area contributed by atoms with E-state index in [4.69, 9.17) is 9.26 Å². The van der Waals surface area contributed by atoms with Gasteiger partial charge in [-0.05, 0) is 19.1 Å². The average molecular weight is 358 g/mol. The Kier molecular flexibility index (Phi) is 4.85. The Morgan fingerprint density at radius 3 is 2.76 bits per heavy atom. The van der Waals surface area contributed by atoms with Crippen LogP contribution in [-0.2, 0) is 5.41 Å². The number of aromatic nitrogens is 4. The fourth-order valence-corrected chi connectivity index (χ4v) is 3.16. The van der Waals surface area contributed by atoms with Crippen molar-refractivity contribution in [2.24, 2.45) is 0 Å². The highest BCUT2D eigenvalue weighted by molar-refractivity contribution is 7.99. The molecule has 0 amide bonds. The van der Waals surface area contributed by atoms with Crippen molar-refractivity contribution in [3.63, 3.8) is 0 Å². The summed E-state index contributed by atoms with van der Waals surface area (Å²) in [4.78, 5) is 9.00. The average Bonchev–Trinajstić information content (AvgIpc) is 3.23. The quantitative estimate of drug-likeness (QED) is 0.629. The molecule has 1 unspecified atom stereocenters. The zero-order valence-electron chi connectivity index (χ0n) is 15.1. The van der Waals surface area contributed by atoms with Gasteiger partial charge in [-0.3, -0.25) is 4.57 Å². The van der Waals surface area contributed by atoms with Crippen LogP contribution in [-0.4, -0.2) is 26.8 Å². The van der Waals surface area contributed by atoms with E-state index in [1.807, 2.05) is 42.0 Å². The molecule has 3 rings (SSSR count). The maximum atomic E-state index is 5.44. The van der Waals surface area contributed by atoms with E-state index in [9.17, 15) is 0 Å². The predicted octanol–water partition coefficient (Wildman–Crippen LogP) is 4.41. The number of ether oxygens (including phenoxy) is 1. The summed E-state index contributed by atoms with van der Waals surface area (Å²) in [5, 5.41) is 4.95. The van der Waals surface area contributed by atoms with Gasteiger partial charge < -0.3 is 9.26 Å². The third-order valence-electron chi connectivity index (χ3n) is 3.68. The van der Waals surface area contributed by atoms with E-state index in [1.165, 1.54) is 0 Å². The van der Waals surface area contributed by atoms with Crippen LogP contribution in [0.25, 0.3) is 5.69 Å². The number of thioether (sulfide) groups is 1. The lowest BCUT2D eigenvalue weighted by Crippen LogP contribution is -2.13. The molecule has 0 aliphatic rings. The molecule has 0 fully saturated rings. The molecule has 132 valence electrons. The third-order valence-corrected chi connectivity index (χ3v) is 4.75. The molecule has 0 saturated carbocycles. The number of hydrogen-bond donors (Lipinski definition) is 0. The summed E-state index contributed by atoms with van der Waals surface area (Å²) >= 11 is 1.58. The first-order chi connectivity index (χ1) is 11.9. The summed E-state index contributed by atoms with van der Waals surface area (Å²) in [7, 11) is 1.66. The molecule has 2 heterocycles. The second kappa shape index (κ2) is 6.92. The molecular weight excluding hydrogens is 336 g/mol. The van der Waals surface area contributed by atoms with Gasteiger partial charge in [0.15, 0.2) is 11.0 Å². The van der Waals surface area contributed by atoms with E-state index in [-0.39, 0.29) is 10.7 Å². The van der Waals surface area contributed by atoms with E-state index in [0.717, 1.165) is 16.6 Å². The molecule has 25 heavy (non-hydrogen) atoms. The first-order valence-corrected chi connectivity index (χ1v) is 8.95. The molecule has 0 spiro atoms. The molecule has 0 saturated heterocycles. The fourth-order valence-electron chi connectivity index (χ4n) is 2.25. The summed E-state index contributed by atoms with van der Waals surface area (Å²) < 4.78 is 12.8. The van der Waals surface area contributed by atoms with Crippen molar-refractivity contribution in [3.8, 4) is 11.4 Å². The van der Waals surface area contributed by atoms with Crippen LogP contribution >= 0.6 is 11.8 Å². The largest absolute Gasteiger partial charge is 0.497 e. The number of nitrogens with zero attached hydrogens (tertiary/aromatic N) is 4. The van der Waals surface area contributed by atoms with Crippen molar-refractivity contribution < 1.29 is 9.26 Å². The van der Waals surface area contributed by atoms with Crippen molar-refractivity contribution >= 4 is 11.8 Å². The summed E-state index contributed by atoms with van der Waals surface area (Å²) in [5.74, 6) is 2.13. The Hall–Kier alpha value is -2.28. The zero-order chi connectivity index (χ0) is 18.0. The van der Waals surface area contributed by atoms with Gasteiger partial charge in [0.25, 0.3) is 0 Å². The molecule has 2 aromatic heterocycles. The normalized spacial score (nSPS) is 13.0. The topological polar surface area (TPSA) is 66.0 Å². The standard InChI is InChI=1S/C18H22N4O2S/c1-12(15-20-16(21-24-15)18(2,3)4)25-17-19-9-10-22(17)13-7-6-8-14(11-13)23-5/h6-12H,1-5H3. The number of benzene rings is 1. The van der Waals surface area contributed by atoms with Crippen LogP contribution in [0, 0.1) is 0 Å². The summed E-state index contributed by atoms with van der Waals surface area (Å²) in [6.45, 7) is 8.23. The first kappa shape index (κ1) is 17.5. The van der Waals surface area contributed by atoms with Crippen LogP contribution in [0.1, 0.15) is 44.7 Å². The van der Waals surface area contributed by atoms with Crippen LogP contribution < -0.4 is 4.74 Å².